The summed E-state index contributed by atoms with van der Waals surface area (Å²) in [6, 6.07) is 2.47. The number of rotatable bonds is 21. The van der Waals surface area contributed by atoms with Crippen molar-refractivity contribution < 1.29 is 4.57 Å². The number of hydrogen-bond acceptors (Lipinski definition) is 0. The van der Waals surface area contributed by atoms with E-state index in [4.69, 9.17) is 0 Å². The van der Waals surface area contributed by atoms with Crippen LogP contribution in [-0.2, 0) is 19.4 Å². The summed E-state index contributed by atoms with van der Waals surface area (Å²) in [6.45, 7) is 8.10. The summed E-state index contributed by atoms with van der Waals surface area (Å²) in [5.41, 5.74) is 3.10. The van der Waals surface area contributed by atoms with Gasteiger partial charge < -0.3 is 0 Å². The summed E-state index contributed by atoms with van der Waals surface area (Å²) >= 11 is 0. The molecule has 0 spiro atoms. The molecule has 0 radical (unpaired) electrons. The zero-order valence-corrected chi connectivity index (χ0v) is 21.0. The van der Waals surface area contributed by atoms with Crippen LogP contribution in [0.15, 0.2) is 18.5 Å². The fourth-order valence-electron chi connectivity index (χ4n) is 4.43. The van der Waals surface area contributed by atoms with Gasteiger partial charge in [0.05, 0.1) is 0 Å². The van der Waals surface area contributed by atoms with Gasteiger partial charge >= 0.3 is 0 Å². The van der Waals surface area contributed by atoms with Gasteiger partial charge in [0, 0.05) is 17.5 Å². The molecule has 174 valence electrons. The van der Waals surface area contributed by atoms with Crippen LogP contribution in [0.1, 0.15) is 147 Å². The Bertz CT molecular complexity index is 467. The molecule has 0 aliphatic carbocycles. The number of aromatic nitrogens is 1. The average molecular weight is 417 g/mol. The highest BCUT2D eigenvalue weighted by Gasteiger charge is 2.08. The van der Waals surface area contributed by atoms with Crippen molar-refractivity contribution in [2.45, 2.75) is 156 Å². The van der Waals surface area contributed by atoms with E-state index in [9.17, 15) is 0 Å². The average Bonchev–Trinajstić information content (AvgIpc) is 2.76. The van der Waals surface area contributed by atoms with Crippen LogP contribution in [0.4, 0.5) is 0 Å². The van der Waals surface area contributed by atoms with E-state index >= 15 is 0 Å². The smallest absolute Gasteiger partial charge is 0.171 e. The normalized spacial score (nSPS) is 11.3. The number of hydrogen-bond donors (Lipinski definition) is 0. The van der Waals surface area contributed by atoms with Gasteiger partial charge in [-0.25, -0.2) is 4.57 Å². The first-order chi connectivity index (χ1) is 14.8. The fourth-order valence-corrected chi connectivity index (χ4v) is 4.43. The lowest BCUT2D eigenvalue weighted by molar-refractivity contribution is -0.698. The Labute approximate surface area is 190 Å². The highest BCUT2D eigenvalue weighted by molar-refractivity contribution is 5.15. The Morgan fingerprint density at radius 1 is 0.467 bits per heavy atom. The lowest BCUT2D eigenvalue weighted by Gasteiger charge is -2.06. The topological polar surface area (TPSA) is 3.88 Å². The van der Waals surface area contributed by atoms with Gasteiger partial charge in [-0.1, -0.05) is 111 Å². The molecule has 0 aliphatic heterocycles. The van der Waals surface area contributed by atoms with Crippen molar-refractivity contribution >= 4 is 0 Å². The van der Waals surface area contributed by atoms with Crippen molar-refractivity contribution in [1.82, 2.24) is 0 Å². The lowest BCUT2D eigenvalue weighted by atomic mass is 10.0. The largest absolute Gasteiger partial charge is 0.205 e. The van der Waals surface area contributed by atoms with Gasteiger partial charge in [0.2, 0.25) is 0 Å². The number of nitrogens with zero attached hydrogens (tertiary/aromatic N) is 1. The monoisotopic (exact) mass is 416 g/mol. The quantitative estimate of drug-likeness (QED) is 0.139. The molecule has 1 rings (SSSR count). The first kappa shape index (κ1) is 27.2. The van der Waals surface area contributed by atoms with Crippen LogP contribution in [0.5, 0.6) is 0 Å². The molecule has 0 saturated carbocycles. The summed E-state index contributed by atoms with van der Waals surface area (Å²) in [5.74, 6) is 0. The van der Waals surface area contributed by atoms with E-state index in [-0.39, 0.29) is 0 Å². The highest BCUT2D eigenvalue weighted by atomic mass is 14.9. The summed E-state index contributed by atoms with van der Waals surface area (Å²) in [5, 5.41) is 0. The van der Waals surface area contributed by atoms with E-state index in [1.54, 1.807) is 11.1 Å². The zero-order chi connectivity index (χ0) is 21.7. The Hall–Kier alpha value is -0.850. The van der Waals surface area contributed by atoms with Gasteiger partial charge in [0.25, 0.3) is 0 Å². The molecule has 0 fully saturated rings. The standard InChI is InChI=1S/C29H54N/c1-4-7-10-11-12-13-14-15-16-17-18-19-20-21-24-30-26-28(22-8-5-2)25-29(27-30)23-9-6-3/h25-27H,4-24H2,1-3H3/q+1. The Balaban J connectivity index is 2.09. The summed E-state index contributed by atoms with van der Waals surface area (Å²) in [6.07, 6.45) is 32.7. The molecule has 0 aromatic carbocycles. The van der Waals surface area contributed by atoms with Crippen molar-refractivity contribution in [2.24, 2.45) is 0 Å². The van der Waals surface area contributed by atoms with Gasteiger partial charge in [-0.05, 0) is 38.2 Å². The Morgan fingerprint density at radius 3 is 1.23 bits per heavy atom. The first-order valence-corrected chi connectivity index (χ1v) is 13.8. The van der Waals surface area contributed by atoms with Gasteiger partial charge in [-0.3, -0.25) is 0 Å². The second kappa shape index (κ2) is 20.1. The van der Waals surface area contributed by atoms with Gasteiger partial charge in [-0.2, -0.15) is 0 Å². The minimum absolute atomic E-state index is 1.21. The van der Waals surface area contributed by atoms with E-state index in [1.165, 1.54) is 135 Å². The third-order valence-electron chi connectivity index (χ3n) is 6.44. The summed E-state index contributed by atoms with van der Waals surface area (Å²) < 4.78 is 2.50. The van der Waals surface area contributed by atoms with E-state index in [2.05, 4.69) is 43.8 Å². The van der Waals surface area contributed by atoms with Crippen molar-refractivity contribution in [2.75, 3.05) is 0 Å². The third kappa shape index (κ3) is 15.0. The van der Waals surface area contributed by atoms with Crippen LogP contribution in [0.25, 0.3) is 0 Å². The maximum absolute atomic E-state index is 2.50. The van der Waals surface area contributed by atoms with Crippen molar-refractivity contribution in [3.8, 4) is 0 Å². The molecule has 0 N–H and O–H groups in total. The number of aryl methyl sites for hydroxylation is 3. The van der Waals surface area contributed by atoms with Crippen LogP contribution in [-0.4, -0.2) is 0 Å². The van der Waals surface area contributed by atoms with Crippen molar-refractivity contribution in [1.29, 1.82) is 0 Å². The molecule has 1 heteroatoms. The molecule has 1 aromatic rings. The SMILES string of the molecule is CCCCCCCCCCCCCCCC[n+]1cc(CCCC)cc(CCCC)c1. The van der Waals surface area contributed by atoms with Crippen LogP contribution >= 0.6 is 0 Å². The molecule has 1 nitrogen and oxygen atoms in total. The Morgan fingerprint density at radius 2 is 0.833 bits per heavy atom. The molecular weight excluding hydrogens is 362 g/mol. The van der Waals surface area contributed by atoms with Crippen LogP contribution in [0, 0.1) is 0 Å². The molecule has 1 aromatic heterocycles. The lowest BCUT2D eigenvalue weighted by Crippen LogP contribution is -2.34. The van der Waals surface area contributed by atoms with Crippen molar-refractivity contribution in [3.63, 3.8) is 0 Å². The molecule has 30 heavy (non-hydrogen) atoms. The van der Waals surface area contributed by atoms with Crippen LogP contribution in [0.2, 0.25) is 0 Å². The van der Waals surface area contributed by atoms with Crippen LogP contribution < -0.4 is 4.57 Å². The fraction of sp³-hybridized carbons (Fsp3) is 0.828. The highest BCUT2D eigenvalue weighted by Crippen LogP contribution is 2.13. The number of pyridine rings is 1. The van der Waals surface area contributed by atoms with Crippen molar-refractivity contribution in [3.05, 3.63) is 29.6 Å². The predicted octanol–water partition coefficient (Wildman–Crippen LogP) is 9.14. The van der Waals surface area contributed by atoms with Gasteiger partial charge in [0.15, 0.2) is 12.4 Å². The van der Waals surface area contributed by atoms with E-state index < -0.39 is 0 Å². The molecule has 0 aliphatic rings. The molecule has 0 amide bonds. The second-order valence-corrected chi connectivity index (χ2v) is 9.59. The summed E-state index contributed by atoms with van der Waals surface area (Å²) in [4.78, 5) is 0. The molecule has 1 heterocycles. The van der Waals surface area contributed by atoms with Gasteiger partial charge in [-0.15, -0.1) is 0 Å². The molecule has 0 unspecified atom stereocenters. The molecule has 0 saturated heterocycles. The molecular formula is C29H54N+. The second-order valence-electron chi connectivity index (χ2n) is 9.59. The minimum atomic E-state index is 1.21. The zero-order valence-electron chi connectivity index (χ0n) is 21.0. The molecule has 0 atom stereocenters. The summed E-state index contributed by atoms with van der Waals surface area (Å²) in [7, 11) is 0. The maximum atomic E-state index is 2.50. The van der Waals surface area contributed by atoms with E-state index in [0.717, 1.165) is 0 Å². The molecule has 0 bridgehead atoms. The first-order valence-electron chi connectivity index (χ1n) is 13.8. The third-order valence-corrected chi connectivity index (χ3v) is 6.44. The van der Waals surface area contributed by atoms with Gasteiger partial charge in [0.1, 0.15) is 6.54 Å². The van der Waals surface area contributed by atoms with E-state index in [0.29, 0.717) is 0 Å². The number of unbranched alkanes of at least 4 members (excludes halogenated alkanes) is 15. The van der Waals surface area contributed by atoms with Crippen LogP contribution in [0.3, 0.4) is 0 Å². The van der Waals surface area contributed by atoms with E-state index in [1.807, 2.05) is 0 Å². The maximum Gasteiger partial charge on any atom is 0.171 e. The predicted molar refractivity (Wildman–Crippen MR) is 134 cm³/mol. The minimum Gasteiger partial charge on any atom is -0.205 e. The Kier molecular flexibility index (Phi) is 18.2.